The molecule has 2 nitrogen and oxygen atoms in total. The number of benzene rings is 1. The first-order valence-corrected chi connectivity index (χ1v) is 5.15. The Morgan fingerprint density at radius 3 is 2.86 bits per heavy atom. The van der Waals surface area contributed by atoms with E-state index in [0.717, 1.165) is 24.9 Å². The summed E-state index contributed by atoms with van der Waals surface area (Å²) in [5, 5.41) is 2.96. The fraction of sp³-hybridized carbons (Fsp3) is 0.417. The van der Waals surface area contributed by atoms with Crippen molar-refractivity contribution in [2.45, 2.75) is 32.6 Å². The number of carbonyl (C=O) groups is 1. The average Bonchev–Trinajstić information content (AvgIpc) is 2.12. The zero-order valence-electron chi connectivity index (χ0n) is 8.47. The van der Waals surface area contributed by atoms with Gasteiger partial charge in [0, 0.05) is 12.1 Å². The van der Waals surface area contributed by atoms with Crippen LogP contribution in [0.4, 0.5) is 5.69 Å². The summed E-state index contributed by atoms with van der Waals surface area (Å²) >= 11 is 0. The first-order chi connectivity index (χ1) is 6.75. The lowest BCUT2D eigenvalue weighted by atomic mass is 10.0. The zero-order chi connectivity index (χ0) is 9.97. The van der Waals surface area contributed by atoms with E-state index in [1.165, 1.54) is 11.1 Å². The second-order valence-corrected chi connectivity index (χ2v) is 3.92. The number of hydrogen-bond acceptors (Lipinski definition) is 1. The van der Waals surface area contributed by atoms with Crippen LogP contribution in [-0.2, 0) is 11.2 Å². The lowest BCUT2D eigenvalue weighted by Crippen LogP contribution is -2.15. The molecule has 0 unspecified atom stereocenters. The second kappa shape index (κ2) is 3.82. The molecule has 0 spiro atoms. The Kier molecular flexibility index (Phi) is 2.53. The molecule has 0 radical (unpaired) electrons. The summed E-state index contributed by atoms with van der Waals surface area (Å²) in [5.41, 5.74) is 3.47. The van der Waals surface area contributed by atoms with Gasteiger partial charge in [-0.15, -0.1) is 0 Å². The molecule has 1 heterocycles. The highest BCUT2D eigenvalue weighted by Gasteiger charge is 2.10. The van der Waals surface area contributed by atoms with E-state index in [2.05, 4.69) is 23.5 Å². The van der Waals surface area contributed by atoms with Crippen molar-refractivity contribution < 1.29 is 4.79 Å². The molecular formula is C12H15NO. The van der Waals surface area contributed by atoms with Crippen molar-refractivity contribution in [1.82, 2.24) is 0 Å². The van der Waals surface area contributed by atoms with Gasteiger partial charge in [0.25, 0.3) is 0 Å². The minimum atomic E-state index is 0.150. The number of carbonyl (C=O) groups excluding carboxylic acids is 1. The van der Waals surface area contributed by atoms with Crippen LogP contribution in [-0.4, -0.2) is 5.91 Å². The lowest BCUT2D eigenvalue weighted by Gasteiger charge is -2.15. The normalized spacial score (nSPS) is 16.5. The number of nitrogens with one attached hydrogen (secondary N) is 1. The standard InChI is InChI=1S/C12H15NO/c1-9-6-7-10-4-2-3-5-12(14)13-11(10)8-9/h6-8H,2-5H2,1H3,(H,13,14). The Morgan fingerprint density at radius 2 is 2.00 bits per heavy atom. The van der Waals surface area contributed by atoms with Crippen molar-refractivity contribution in [2.75, 3.05) is 5.32 Å². The summed E-state index contributed by atoms with van der Waals surface area (Å²) in [6, 6.07) is 6.28. The third kappa shape index (κ3) is 1.95. The van der Waals surface area contributed by atoms with Gasteiger partial charge in [-0.2, -0.15) is 0 Å². The monoisotopic (exact) mass is 189 g/mol. The molecule has 2 rings (SSSR count). The maximum absolute atomic E-state index is 11.4. The third-order valence-electron chi connectivity index (χ3n) is 2.64. The van der Waals surface area contributed by atoms with Gasteiger partial charge in [-0.25, -0.2) is 0 Å². The molecule has 1 aromatic carbocycles. The topological polar surface area (TPSA) is 29.1 Å². The molecule has 0 saturated carbocycles. The smallest absolute Gasteiger partial charge is 0.224 e. The molecule has 0 saturated heterocycles. The van der Waals surface area contributed by atoms with Crippen molar-refractivity contribution in [1.29, 1.82) is 0 Å². The van der Waals surface area contributed by atoms with Gasteiger partial charge < -0.3 is 5.32 Å². The minimum Gasteiger partial charge on any atom is -0.326 e. The van der Waals surface area contributed by atoms with Crippen LogP contribution in [0.15, 0.2) is 18.2 Å². The summed E-state index contributed by atoms with van der Waals surface area (Å²) in [4.78, 5) is 11.4. The summed E-state index contributed by atoms with van der Waals surface area (Å²) in [7, 11) is 0. The third-order valence-corrected chi connectivity index (χ3v) is 2.64. The fourth-order valence-electron chi connectivity index (χ4n) is 1.84. The van der Waals surface area contributed by atoms with Crippen LogP contribution in [0.1, 0.15) is 30.4 Å². The van der Waals surface area contributed by atoms with Crippen molar-refractivity contribution in [3.8, 4) is 0 Å². The highest BCUT2D eigenvalue weighted by atomic mass is 16.1. The molecular weight excluding hydrogens is 174 g/mol. The van der Waals surface area contributed by atoms with Gasteiger partial charge in [-0.05, 0) is 43.4 Å². The largest absolute Gasteiger partial charge is 0.326 e. The zero-order valence-corrected chi connectivity index (χ0v) is 8.47. The number of amides is 1. The molecule has 14 heavy (non-hydrogen) atoms. The fourth-order valence-corrected chi connectivity index (χ4v) is 1.84. The van der Waals surface area contributed by atoms with Gasteiger partial charge in [0.1, 0.15) is 0 Å². The minimum absolute atomic E-state index is 0.150. The molecule has 2 heteroatoms. The Balaban J connectivity index is 2.34. The molecule has 0 aromatic heterocycles. The number of aryl methyl sites for hydroxylation is 2. The molecule has 1 N–H and O–H groups in total. The highest BCUT2D eigenvalue weighted by molar-refractivity contribution is 5.91. The summed E-state index contributed by atoms with van der Waals surface area (Å²) in [5.74, 6) is 0.150. The second-order valence-electron chi connectivity index (χ2n) is 3.92. The maximum atomic E-state index is 11.4. The molecule has 1 aliphatic heterocycles. The Morgan fingerprint density at radius 1 is 1.21 bits per heavy atom. The Bertz CT molecular complexity index is 357. The van der Waals surface area contributed by atoms with Crippen LogP contribution >= 0.6 is 0 Å². The molecule has 1 aliphatic rings. The van der Waals surface area contributed by atoms with Crippen molar-refractivity contribution in [3.05, 3.63) is 29.3 Å². The lowest BCUT2D eigenvalue weighted by molar-refractivity contribution is -0.116. The van der Waals surface area contributed by atoms with E-state index in [-0.39, 0.29) is 5.91 Å². The summed E-state index contributed by atoms with van der Waals surface area (Å²) in [6.07, 6.45) is 3.85. The number of anilines is 1. The van der Waals surface area contributed by atoms with Gasteiger partial charge in [0.15, 0.2) is 0 Å². The molecule has 1 amide bonds. The molecule has 1 aromatic rings. The quantitative estimate of drug-likeness (QED) is 0.668. The van der Waals surface area contributed by atoms with E-state index in [0.29, 0.717) is 6.42 Å². The molecule has 0 aliphatic carbocycles. The number of hydrogen-bond donors (Lipinski definition) is 1. The first kappa shape index (κ1) is 9.25. The van der Waals surface area contributed by atoms with Gasteiger partial charge in [-0.3, -0.25) is 4.79 Å². The Hall–Kier alpha value is -1.31. The van der Waals surface area contributed by atoms with Gasteiger partial charge in [-0.1, -0.05) is 12.1 Å². The van der Waals surface area contributed by atoms with E-state index in [9.17, 15) is 4.79 Å². The molecule has 0 atom stereocenters. The summed E-state index contributed by atoms with van der Waals surface area (Å²) < 4.78 is 0. The van der Waals surface area contributed by atoms with Crippen LogP contribution < -0.4 is 5.32 Å². The van der Waals surface area contributed by atoms with E-state index >= 15 is 0 Å². The predicted molar refractivity (Wildman–Crippen MR) is 57.4 cm³/mol. The maximum Gasteiger partial charge on any atom is 0.224 e. The summed E-state index contributed by atoms with van der Waals surface area (Å²) in [6.45, 7) is 2.05. The molecule has 74 valence electrons. The van der Waals surface area contributed by atoms with E-state index in [4.69, 9.17) is 0 Å². The van der Waals surface area contributed by atoms with E-state index < -0.39 is 0 Å². The van der Waals surface area contributed by atoms with Crippen LogP contribution in [0, 0.1) is 6.92 Å². The first-order valence-electron chi connectivity index (χ1n) is 5.15. The SMILES string of the molecule is Cc1ccc2c(c1)NC(=O)CCCC2. The van der Waals surface area contributed by atoms with Crippen LogP contribution in [0.5, 0.6) is 0 Å². The molecule has 0 fully saturated rings. The van der Waals surface area contributed by atoms with Crippen LogP contribution in [0.2, 0.25) is 0 Å². The highest BCUT2D eigenvalue weighted by Crippen LogP contribution is 2.22. The number of rotatable bonds is 0. The van der Waals surface area contributed by atoms with E-state index in [1.807, 2.05) is 6.92 Å². The van der Waals surface area contributed by atoms with Gasteiger partial charge >= 0.3 is 0 Å². The molecule has 0 bridgehead atoms. The van der Waals surface area contributed by atoms with E-state index in [1.54, 1.807) is 0 Å². The van der Waals surface area contributed by atoms with Crippen LogP contribution in [0.25, 0.3) is 0 Å². The average molecular weight is 189 g/mol. The van der Waals surface area contributed by atoms with Crippen molar-refractivity contribution >= 4 is 11.6 Å². The van der Waals surface area contributed by atoms with Gasteiger partial charge in [0.2, 0.25) is 5.91 Å². The Labute approximate surface area is 84.3 Å². The van der Waals surface area contributed by atoms with Crippen LogP contribution in [0.3, 0.4) is 0 Å². The van der Waals surface area contributed by atoms with Gasteiger partial charge in [0.05, 0.1) is 0 Å². The van der Waals surface area contributed by atoms with Crippen molar-refractivity contribution in [3.63, 3.8) is 0 Å². The number of fused-ring (bicyclic) bond motifs is 1. The predicted octanol–water partition coefficient (Wildman–Crippen LogP) is 2.66. The van der Waals surface area contributed by atoms with Crippen molar-refractivity contribution in [2.24, 2.45) is 0 Å².